The molecule has 0 bridgehead atoms. The second-order valence-electron chi connectivity index (χ2n) is 6.82. The van der Waals surface area contributed by atoms with Gasteiger partial charge < -0.3 is 4.90 Å². The first kappa shape index (κ1) is 17.7. The highest BCUT2D eigenvalue weighted by Crippen LogP contribution is 2.22. The maximum absolute atomic E-state index is 12.6. The summed E-state index contributed by atoms with van der Waals surface area (Å²) in [6, 6.07) is 5.37. The number of hydrogen-bond acceptors (Lipinski definition) is 5. The standard InChI is InChI=1S/C18H24N4O2S/c1-13-6-8-22(9-7-13)18-19-11-16(12-20-18)21-25(23,24)17-10-14(2)4-5-15(17)3/h4-5,10-13,21H,6-9H2,1-3H3. The number of hydrogen-bond donors (Lipinski definition) is 1. The minimum atomic E-state index is -3.66. The van der Waals surface area contributed by atoms with Crippen LogP contribution < -0.4 is 9.62 Å². The van der Waals surface area contributed by atoms with Crippen molar-refractivity contribution in [2.24, 2.45) is 5.92 Å². The molecule has 2 heterocycles. The molecule has 0 aliphatic carbocycles. The summed E-state index contributed by atoms with van der Waals surface area (Å²) in [5.41, 5.74) is 1.98. The van der Waals surface area contributed by atoms with E-state index in [9.17, 15) is 8.42 Å². The molecular formula is C18H24N4O2S. The highest BCUT2D eigenvalue weighted by molar-refractivity contribution is 7.92. The molecular weight excluding hydrogens is 336 g/mol. The average Bonchev–Trinajstić information content (AvgIpc) is 2.58. The van der Waals surface area contributed by atoms with Gasteiger partial charge >= 0.3 is 0 Å². The van der Waals surface area contributed by atoms with Gasteiger partial charge in [-0.3, -0.25) is 4.72 Å². The molecule has 2 aromatic rings. The SMILES string of the molecule is Cc1ccc(C)c(S(=O)(=O)Nc2cnc(N3CCC(C)CC3)nc2)c1. The molecule has 1 fully saturated rings. The number of sulfonamides is 1. The third kappa shape index (κ3) is 4.10. The topological polar surface area (TPSA) is 75.2 Å². The molecule has 1 aliphatic heterocycles. The lowest BCUT2D eigenvalue weighted by atomic mass is 10.00. The molecule has 0 spiro atoms. The molecule has 1 aromatic heterocycles. The first-order chi connectivity index (χ1) is 11.8. The summed E-state index contributed by atoms with van der Waals surface area (Å²) in [6.07, 6.45) is 5.32. The summed E-state index contributed by atoms with van der Waals surface area (Å²) in [4.78, 5) is 11.1. The Balaban J connectivity index is 1.75. The first-order valence-electron chi connectivity index (χ1n) is 8.52. The summed E-state index contributed by atoms with van der Waals surface area (Å²) < 4.78 is 27.8. The largest absolute Gasteiger partial charge is 0.341 e. The van der Waals surface area contributed by atoms with E-state index in [4.69, 9.17) is 0 Å². The van der Waals surface area contributed by atoms with Crippen molar-refractivity contribution in [2.45, 2.75) is 38.5 Å². The Morgan fingerprint density at radius 2 is 1.76 bits per heavy atom. The van der Waals surface area contributed by atoms with E-state index >= 15 is 0 Å². The van der Waals surface area contributed by atoms with Crippen LogP contribution >= 0.6 is 0 Å². The fourth-order valence-electron chi connectivity index (χ4n) is 2.95. The van der Waals surface area contributed by atoms with Crippen molar-refractivity contribution in [3.8, 4) is 0 Å². The van der Waals surface area contributed by atoms with Gasteiger partial charge in [0.05, 0.1) is 23.0 Å². The predicted octanol–water partition coefficient (Wildman–Crippen LogP) is 3.13. The molecule has 7 heteroatoms. The molecule has 6 nitrogen and oxygen atoms in total. The molecule has 3 rings (SSSR count). The van der Waals surface area contributed by atoms with Gasteiger partial charge in [-0.25, -0.2) is 18.4 Å². The van der Waals surface area contributed by atoms with Gasteiger partial charge in [-0.1, -0.05) is 19.1 Å². The quantitative estimate of drug-likeness (QED) is 0.907. The minimum absolute atomic E-state index is 0.279. The van der Waals surface area contributed by atoms with Gasteiger partial charge in [-0.05, 0) is 49.8 Å². The van der Waals surface area contributed by atoms with Crippen LogP contribution in [0, 0.1) is 19.8 Å². The fourth-order valence-corrected chi connectivity index (χ4v) is 4.31. The van der Waals surface area contributed by atoms with Crippen molar-refractivity contribution < 1.29 is 8.42 Å². The van der Waals surface area contributed by atoms with Gasteiger partial charge in [0.2, 0.25) is 5.95 Å². The third-order valence-corrected chi connectivity index (χ3v) is 6.11. The van der Waals surface area contributed by atoms with Gasteiger partial charge in [0.1, 0.15) is 0 Å². The molecule has 1 saturated heterocycles. The summed E-state index contributed by atoms with van der Waals surface area (Å²) >= 11 is 0. The Labute approximate surface area is 149 Å². The number of benzene rings is 1. The first-order valence-corrected chi connectivity index (χ1v) is 10.0. The molecule has 0 saturated carbocycles. The number of nitrogens with zero attached hydrogens (tertiary/aromatic N) is 3. The summed E-state index contributed by atoms with van der Waals surface area (Å²) in [5, 5.41) is 0. The van der Waals surface area contributed by atoms with Gasteiger partial charge in [0, 0.05) is 13.1 Å². The number of piperidine rings is 1. The number of nitrogens with one attached hydrogen (secondary N) is 1. The molecule has 0 unspecified atom stereocenters. The zero-order chi connectivity index (χ0) is 18.0. The molecule has 0 radical (unpaired) electrons. The summed E-state index contributed by atoms with van der Waals surface area (Å²) in [5.74, 6) is 1.39. The second-order valence-corrected chi connectivity index (χ2v) is 8.47. The normalized spacial score (nSPS) is 16.0. The number of anilines is 2. The summed E-state index contributed by atoms with van der Waals surface area (Å²) in [6.45, 7) is 7.79. The van der Waals surface area contributed by atoms with Crippen LogP contribution in [0.1, 0.15) is 30.9 Å². The van der Waals surface area contributed by atoms with Gasteiger partial charge in [0.25, 0.3) is 10.0 Å². The van der Waals surface area contributed by atoms with Gasteiger partial charge in [0.15, 0.2) is 0 Å². The van der Waals surface area contributed by atoms with Crippen LogP contribution in [-0.2, 0) is 10.0 Å². The van der Waals surface area contributed by atoms with Crippen molar-refractivity contribution >= 4 is 21.7 Å². The van der Waals surface area contributed by atoms with Crippen molar-refractivity contribution in [1.82, 2.24) is 9.97 Å². The Morgan fingerprint density at radius 3 is 2.40 bits per heavy atom. The van der Waals surface area contributed by atoms with Crippen molar-refractivity contribution in [3.63, 3.8) is 0 Å². The van der Waals surface area contributed by atoms with E-state index in [2.05, 4.69) is 26.5 Å². The number of aromatic nitrogens is 2. The van der Waals surface area contributed by atoms with Crippen molar-refractivity contribution in [2.75, 3.05) is 22.7 Å². The molecule has 1 N–H and O–H groups in total. The zero-order valence-corrected chi connectivity index (χ0v) is 15.7. The predicted molar refractivity (Wildman–Crippen MR) is 99.4 cm³/mol. The second kappa shape index (κ2) is 7.00. The summed E-state index contributed by atoms with van der Waals surface area (Å²) in [7, 11) is -3.66. The highest BCUT2D eigenvalue weighted by atomic mass is 32.2. The van der Waals surface area contributed by atoms with Gasteiger partial charge in [-0.2, -0.15) is 0 Å². The zero-order valence-electron chi connectivity index (χ0n) is 14.9. The maximum Gasteiger partial charge on any atom is 0.262 e. The van der Waals surface area contributed by atoms with Crippen LogP contribution in [0.4, 0.5) is 11.6 Å². The number of rotatable bonds is 4. The van der Waals surface area contributed by atoms with Crippen LogP contribution in [0.3, 0.4) is 0 Å². The van der Waals surface area contributed by atoms with Crippen molar-refractivity contribution in [1.29, 1.82) is 0 Å². The molecule has 25 heavy (non-hydrogen) atoms. The van der Waals surface area contributed by atoms with E-state index < -0.39 is 10.0 Å². The van der Waals surface area contributed by atoms with Crippen LogP contribution in [-0.4, -0.2) is 31.5 Å². The highest BCUT2D eigenvalue weighted by Gasteiger charge is 2.20. The number of aryl methyl sites for hydroxylation is 2. The van der Waals surface area contributed by atoms with E-state index in [1.807, 2.05) is 13.0 Å². The third-order valence-electron chi connectivity index (χ3n) is 4.59. The molecule has 0 atom stereocenters. The average molecular weight is 360 g/mol. The van der Waals surface area contributed by atoms with E-state index in [1.54, 1.807) is 19.1 Å². The van der Waals surface area contributed by atoms with Crippen LogP contribution in [0.5, 0.6) is 0 Å². The van der Waals surface area contributed by atoms with Gasteiger partial charge in [-0.15, -0.1) is 0 Å². The Hall–Kier alpha value is -2.15. The molecule has 1 aromatic carbocycles. The maximum atomic E-state index is 12.6. The van der Waals surface area contributed by atoms with Crippen LogP contribution in [0.2, 0.25) is 0 Å². The smallest absolute Gasteiger partial charge is 0.262 e. The van der Waals surface area contributed by atoms with E-state index in [0.29, 0.717) is 17.2 Å². The minimum Gasteiger partial charge on any atom is -0.341 e. The Morgan fingerprint density at radius 1 is 1.12 bits per heavy atom. The molecule has 0 amide bonds. The molecule has 134 valence electrons. The van der Waals surface area contributed by atoms with E-state index in [-0.39, 0.29) is 4.90 Å². The van der Waals surface area contributed by atoms with Crippen LogP contribution in [0.15, 0.2) is 35.5 Å². The lowest BCUT2D eigenvalue weighted by Gasteiger charge is -2.30. The molecule has 1 aliphatic rings. The fraction of sp³-hybridized carbons (Fsp3) is 0.444. The lowest BCUT2D eigenvalue weighted by molar-refractivity contribution is 0.434. The van der Waals surface area contributed by atoms with E-state index in [0.717, 1.165) is 37.4 Å². The monoisotopic (exact) mass is 360 g/mol. The van der Waals surface area contributed by atoms with Crippen molar-refractivity contribution in [3.05, 3.63) is 41.7 Å². The van der Waals surface area contributed by atoms with Crippen LogP contribution in [0.25, 0.3) is 0 Å². The Bertz CT molecular complexity index is 842. The van der Waals surface area contributed by atoms with E-state index in [1.165, 1.54) is 12.4 Å². The Kier molecular flexibility index (Phi) is 4.94. The lowest BCUT2D eigenvalue weighted by Crippen LogP contribution is -2.34.